The zero-order valence-electron chi connectivity index (χ0n) is 19.9. The van der Waals surface area contributed by atoms with Crippen molar-refractivity contribution in [2.24, 2.45) is 0 Å². The van der Waals surface area contributed by atoms with E-state index < -0.39 is 6.04 Å². The van der Waals surface area contributed by atoms with Gasteiger partial charge in [-0.25, -0.2) is 0 Å². The summed E-state index contributed by atoms with van der Waals surface area (Å²) in [6.45, 7) is 4.04. The molecule has 35 heavy (non-hydrogen) atoms. The molecule has 2 atom stereocenters. The number of amides is 2. The van der Waals surface area contributed by atoms with Crippen molar-refractivity contribution in [3.05, 3.63) is 99.5 Å². The maximum atomic E-state index is 13.5. The average molecular weight is 558 g/mol. The lowest BCUT2D eigenvalue weighted by Crippen LogP contribution is -2.53. The van der Waals surface area contributed by atoms with E-state index in [2.05, 4.69) is 21.2 Å². The molecule has 0 spiro atoms. The molecule has 0 heterocycles. The van der Waals surface area contributed by atoms with E-state index in [4.69, 9.17) is 16.3 Å². The van der Waals surface area contributed by atoms with Crippen LogP contribution in [0.4, 0.5) is 0 Å². The van der Waals surface area contributed by atoms with Gasteiger partial charge in [0.2, 0.25) is 5.91 Å². The molecule has 0 bridgehead atoms. The van der Waals surface area contributed by atoms with Crippen molar-refractivity contribution in [1.82, 2.24) is 10.2 Å². The van der Waals surface area contributed by atoms with Crippen molar-refractivity contribution >= 4 is 39.3 Å². The zero-order chi connectivity index (χ0) is 25.2. The second-order valence-corrected chi connectivity index (χ2v) is 9.77. The van der Waals surface area contributed by atoms with Crippen molar-refractivity contribution in [3.8, 4) is 5.75 Å². The van der Waals surface area contributed by atoms with Gasteiger partial charge < -0.3 is 15.0 Å². The van der Waals surface area contributed by atoms with Gasteiger partial charge >= 0.3 is 0 Å². The van der Waals surface area contributed by atoms with Crippen molar-refractivity contribution in [2.75, 3.05) is 6.61 Å². The fourth-order valence-corrected chi connectivity index (χ4v) is 4.01. The minimum Gasteiger partial charge on any atom is -0.484 e. The van der Waals surface area contributed by atoms with Crippen LogP contribution in [0.1, 0.15) is 31.4 Å². The highest BCUT2D eigenvalue weighted by Gasteiger charge is 2.31. The number of carbonyl (C=O) groups excluding carboxylic acids is 2. The highest BCUT2D eigenvalue weighted by molar-refractivity contribution is 9.10. The van der Waals surface area contributed by atoms with E-state index in [9.17, 15) is 9.59 Å². The summed E-state index contributed by atoms with van der Waals surface area (Å²) in [6.07, 6.45) is 1.19. The Balaban J connectivity index is 1.90. The Kier molecular flexibility index (Phi) is 10.2. The molecule has 0 saturated carbocycles. The van der Waals surface area contributed by atoms with Gasteiger partial charge in [-0.05, 0) is 54.8 Å². The second kappa shape index (κ2) is 13.3. The molecular weight excluding hydrogens is 528 g/mol. The quantitative estimate of drug-likeness (QED) is 0.313. The van der Waals surface area contributed by atoms with Crippen molar-refractivity contribution in [3.63, 3.8) is 0 Å². The number of ether oxygens (including phenoxy) is 1. The van der Waals surface area contributed by atoms with E-state index in [1.54, 1.807) is 29.2 Å². The predicted octanol–water partition coefficient (Wildman–Crippen LogP) is 6.04. The van der Waals surface area contributed by atoms with Crippen LogP contribution in [0.15, 0.2) is 83.3 Å². The van der Waals surface area contributed by atoms with Crippen molar-refractivity contribution in [1.29, 1.82) is 0 Å². The number of nitrogens with zero attached hydrogens (tertiary/aromatic N) is 1. The molecule has 3 aromatic rings. The molecule has 7 heteroatoms. The highest BCUT2D eigenvalue weighted by Crippen LogP contribution is 2.20. The van der Waals surface area contributed by atoms with E-state index in [1.165, 1.54) is 0 Å². The number of hydrogen-bond acceptors (Lipinski definition) is 3. The molecular formula is C28H30BrClN2O3. The van der Waals surface area contributed by atoms with Gasteiger partial charge in [-0.2, -0.15) is 0 Å². The average Bonchev–Trinajstić information content (AvgIpc) is 2.86. The molecule has 3 rings (SSSR count). The number of rotatable bonds is 11. The van der Waals surface area contributed by atoms with E-state index >= 15 is 0 Å². The molecule has 2 amide bonds. The SMILES string of the molecule is CC[C@H](C)NC(=O)[C@H](Cc1ccccc1)N(Cc1ccc(Br)cc1)C(=O)COc1cccc(Cl)c1. The van der Waals surface area contributed by atoms with E-state index in [0.29, 0.717) is 17.2 Å². The van der Waals surface area contributed by atoms with E-state index in [-0.39, 0.29) is 31.0 Å². The van der Waals surface area contributed by atoms with Gasteiger partial charge in [-0.15, -0.1) is 0 Å². The summed E-state index contributed by atoms with van der Waals surface area (Å²) in [7, 11) is 0. The number of carbonyl (C=O) groups is 2. The van der Waals surface area contributed by atoms with Crippen LogP contribution in [0, 0.1) is 0 Å². The third kappa shape index (κ3) is 8.41. The first-order valence-corrected chi connectivity index (χ1v) is 12.8. The molecule has 0 aliphatic rings. The Bertz CT molecular complexity index is 1110. The Hall–Kier alpha value is -2.83. The molecule has 184 valence electrons. The Morgan fingerprint density at radius 1 is 1.00 bits per heavy atom. The summed E-state index contributed by atoms with van der Waals surface area (Å²) in [5, 5.41) is 3.59. The Labute approximate surface area is 220 Å². The number of nitrogens with one attached hydrogen (secondary N) is 1. The molecule has 0 aliphatic carbocycles. The molecule has 0 radical (unpaired) electrons. The van der Waals surface area contributed by atoms with Gasteiger partial charge in [0.25, 0.3) is 5.91 Å². The minimum absolute atomic E-state index is 0.00637. The number of halogens is 2. The molecule has 5 nitrogen and oxygen atoms in total. The fraction of sp³-hybridized carbons (Fsp3) is 0.286. The lowest BCUT2D eigenvalue weighted by Gasteiger charge is -2.32. The van der Waals surface area contributed by atoms with E-state index in [0.717, 1.165) is 22.0 Å². The molecule has 0 aromatic heterocycles. The van der Waals surface area contributed by atoms with Crippen LogP contribution in [-0.2, 0) is 22.6 Å². The van der Waals surface area contributed by atoms with Crippen LogP contribution in [0.3, 0.4) is 0 Å². The third-order valence-corrected chi connectivity index (χ3v) is 6.46. The van der Waals surface area contributed by atoms with Gasteiger partial charge in [-0.1, -0.05) is 83.0 Å². The first-order chi connectivity index (χ1) is 16.9. The largest absolute Gasteiger partial charge is 0.484 e. The molecule has 0 saturated heterocycles. The summed E-state index contributed by atoms with van der Waals surface area (Å²) in [6, 6.07) is 23.7. The van der Waals surface area contributed by atoms with Crippen LogP contribution >= 0.6 is 27.5 Å². The predicted molar refractivity (Wildman–Crippen MR) is 143 cm³/mol. The fourth-order valence-electron chi connectivity index (χ4n) is 3.57. The van der Waals surface area contributed by atoms with Gasteiger partial charge in [0.1, 0.15) is 11.8 Å². The smallest absolute Gasteiger partial charge is 0.261 e. The minimum atomic E-state index is -0.703. The maximum Gasteiger partial charge on any atom is 0.261 e. The summed E-state index contributed by atoms with van der Waals surface area (Å²) < 4.78 is 6.70. The monoisotopic (exact) mass is 556 g/mol. The van der Waals surface area contributed by atoms with Crippen LogP contribution in [0.25, 0.3) is 0 Å². The highest BCUT2D eigenvalue weighted by atomic mass is 79.9. The van der Waals surface area contributed by atoms with Gasteiger partial charge in [0.05, 0.1) is 0 Å². The molecule has 1 N–H and O–H groups in total. The van der Waals surface area contributed by atoms with Crippen molar-refractivity contribution < 1.29 is 14.3 Å². The van der Waals surface area contributed by atoms with Gasteiger partial charge in [0.15, 0.2) is 6.61 Å². The summed E-state index contributed by atoms with van der Waals surface area (Å²) >= 11 is 9.51. The van der Waals surface area contributed by atoms with Crippen LogP contribution in [0.5, 0.6) is 5.75 Å². The molecule has 0 aliphatic heterocycles. The van der Waals surface area contributed by atoms with Crippen LogP contribution < -0.4 is 10.1 Å². The summed E-state index contributed by atoms with van der Waals surface area (Å²) in [5.41, 5.74) is 1.89. The van der Waals surface area contributed by atoms with Crippen molar-refractivity contribution in [2.45, 2.75) is 45.3 Å². The summed E-state index contributed by atoms with van der Waals surface area (Å²) in [4.78, 5) is 28.6. The number of hydrogen-bond donors (Lipinski definition) is 1. The standard InChI is InChI=1S/C28H30BrClN2O3/c1-3-20(2)31-28(34)26(16-21-8-5-4-6-9-21)32(18-22-12-14-23(29)15-13-22)27(33)19-35-25-11-7-10-24(30)17-25/h4-15,17,20,26H,3,16,18-19H2,1-2H3,(H,31,34)/t20-,26-/m0/s1. The molecule has 0 fully saturated rings. The van der Waals surface area contributed by atoms with Crippen LogP contribution in [0.2, 0.25) is 5.02 Å². The lowest BCUT2D eigenvalue weighted by atomic mass is 10.0. The number of benzene rings is 3. The van der Waals surface area contributed by atoms with Gasteiger partial charge in [-0.3, -0.25) is 9.59 Å². The topological polar surface area (TPSA) is 58.6 Å². The Morgan fingerprint density at radius 2 is 1.71 bits per heavy atom. The third-order valence-electron chi connectivity index (χ3n) is 5.70. The maximum absolute atomic E-state index is 13.5. The molecule has 0 unspecified atom stereocenters. The van der Waals surface area contributed by atoms with Gasteiger partial charge in [0, 0.05) is 28.5 Å². The first kappa shape index (κ1) is 26.8. The lowest BCUT2D eigenvalue weighted by molar-refractivity contribution is -0.143. The summed E-state index contributed by atoms with van der Waals surface area (Å²) in [5.74, 6) is 0.0302. The first-order valence-electron chi connectivity index (χ1n) is 11.6. The second-order valence-electron chi connectivity index (χ2n) is 8.42. The Morgan fingerprint density at radius 3 is 2.37 bits per heavy atom. The van der Waals surface area contributed by atoms with Crippen LogP contribution in [-0.4, -0.2) is 35.4 Å². The molecule has 3 aromatic carbocycles. The normalized spacial score (nSPS) is 12.5. The zero-order valence-corrected chi connectivity index (χ0v) is 22.3. The van der Waals surface area contributed by atoms with E-state index in [1.807, 2.05) is 68.4 Å².